The van der Waals surface area contributed by atoms with Crippen LogP contribution in [0.5, 0.6) is 17.5 Å². The van der Waals surface area contributed by atoms with E-state index in [1.807, 2.05) is 81.8 Å². The van der Waals surface area contributed by atoms with E-state index in [1.165, 1.54) is 24.7 Å². The van der Waals surface area contributed by atoms with Crippen molar-refractivity contribution in [1.29, 1.82) is 0 Å². The Bertz CT molecular complexity index is 2900. The zero-order valence-corrected chi connectivity index (χ0v) is 41.0. The number of anilines is 1. The van der Waals surface area contributed by atoms with Gasteiger partial charge in [-0.3, -0.25) is 31.7 Å². The van der Waals surface area contributed by atoms with E-state index in [2.05, 4.69) is 15.0 Å². The summed E-state index contributed by atoms with van der Waals surface area (Å²) in [5, 5.41) is 26.3. The Balaban J connectivity index is 0.927. The Kier molecular flexibility index (Phi) is 16.6. The van der Waals surface area contributed by atoms with E-state index < -0.39 is 67.3 Å². The third-order valence-corrected chi connectivity index (χ3v) is 13.6. The zero-order valence-electron chi connectivity index (χ0n) is 38.3. The number of aromatic nitrogens is 4. The van der Waals surface area contributed by atoms with Gasteiger partial charge in [0.05, 0.1) is 60.0 Å². The van der Waals surface area contributed by atoms with Gasteiger partial charge in [0.2, 0.25) is 0 Å². The highest BCUT2D eigenvalue weighted by atomic mass is 31.2. The van der Waals surface area contributed by atoms with Crippen molar-refractivity contribution in [3.63, 3.8) is 0 Å². The summed E-state index contributed by atoms with van der Waals surface area (Å²) >= 11 is 0. The van der Waals surface area contributed by atoms with E-state index in [-0.39, 0.29) is 62.6 Å². The molecule has 0 saturated carbocycles. The Labute approximate surface area is 395 Å². The number of nitrogens with zero attached hydrogens (tertiary/aromatic N) is 5. The summed E-state index contributed by atoms with van der Waals surface area (Å²) < 4.78 is 93.1. The van der Waals surface area contributed by atoms with Gasteiger partial charge in [-0.2, -0.15) is 9.97 Å². The maximum Gasteiger partial charge on any atom is 0.472 e. The molecule has 2 aromatic heterocycles. The molecule has 6 aromatic rings. The van der Waals surface area contributed by atoms with E-state index in [0.29, 0.717) is 22.5 Å². The molecule has 7 N–H and O–H groups in total. The summed E-state index contributed by atoms with van der Waals surface area (Å²) in [7, 11) is -7.54. The first-order chi connectivity index (χ1) is 32.6. The number of quaternary nitrogens is 1. The van der Waals surface area contributed by atoms with E-state index in [9.17, 15) is 38.6 Å². The van der Waals surface area contributed by atoms with Crippen molar-refractivity contribution in [1.82, 2.24) is 19.5 Å². The molecular formula is C42H56N6O18P3+. The van der Waals surface area contributed by atoms with Crippen molar-refractivity contribution in [2.75, 3.05) is 86.3 Å². The lowest BCUT2D eigenvalue weighted by atomic mass is 9.96. The van der Waals surface area contributed by atoms with E-state index in [1.54, 1.807) is 0 Å². The van der Waals surface area contributed by atoms with Gasteiger partial charge in [-0.1, -0.05) is 48.5 Å². The van der Waals surface area contributed by atoms with Crippen LogP contribution in [0, 0.1) is 0 Å². The van der Waals surface area contributed by atoms with Crippen molar-refractivity contribution >= 4 is 72.8 Å². The molecule has 0 radical (unpaired) electrons. The average Bonchev–Trinajstić information content (AvgIpc) is 3.83. The number of likely N-dealkylation sites (N-methyl/N-ethyl adjacent to an activating group) is 1. The van der Waals surface area contributed by atoms with Crippen molar-refractivity contribution < 1.29 is 89.2 Å². The summed E-state index contributed by atoms with van der Waals surface area (Å²) in [6.07, 6.45) is -5.02. The molecule has 24 nitrogen and oxygen atoms in total. The van der Waals surface area contributed by atoms with Gasteiger partial charge in [-0.15, -0.1) is 0 Å². The van der Waals surface area contributed by atoms with Crippen molar-refractivity contribution in [2.45, 2.75) is 44.5 Å². The fourth-order valence-electron chi connectivity index (χ4n) is 7.25. The summed E-state index contributed by atoms with van der Waals surface area (Å²) in [5.74, 6) is 0.903. The first-order valence-corrected chi connectivity index (χ1v) is 26.1. The zero-order chi connectivity index (χ0) is 49.7. The number of phosphoric acid groups is 3. The van der Waals surface area contributed by atoms with Gasteiger partial charge in [0, 0.05) is 10.8 Å². The standard InChI is InChI=1S/C42H55N6O18P3/c1-26(2)66-69(55,56)64-24-35-37(49)38(50)41(65-35)47-25-44-36-39(43)45-42(46-40(36)47)59-18-21-63-68(53,54)62-20-17-58-34-23-32-27-10-6-8-12-29(27)33(22-31(32)28-11-7-9-13-30(28)34)57-16-19-61-67(51,52)60-15-14-48(3,4)5/h6-13,22-23,25-26,35,37-38,41,49-50H,14-21,24H2,1-5H3,(H4-,43,45,46,51,52,53,54,55,56)/p+1. The number of fused-ring (bicyclic) bond motifs is 6. The molecule has 1 saturated heterocycles. The molecule has 1 fully saturated rings. The molecule has 4 aromatic carbocycles. The van der Waals surface area contributed by atoms with Crippen LogP contribution >= 0.6 is 23.5 Å². The number of aliphatic hydroxyl groups is 2. The average molecular weight is 1030 g/mol. The van der Waals surface area contributed by atoms with Crippen molar-refractivity contribution in [3.8, 4) is 17.5 Å². The van der Waals surface area contributed by atoms with Crippen molar-refractivity contribution in [3.05, 3.63) is 67.0 Å². The number of ether oxygens (including phenoxy) is 4. The normalized spacial score (nSPS) is 20.4. The number of hydrogen-bond donors (Lipinski definition) is 6. The lowest BCUT2D eigenvalue weighted by Crippen LogP contribution is -2.37. The monoisotopic (exact) mass is 1030 g/mol. The van der Waals surface area contributed by atoms with Crippen LogP contribution in [-0.4, -0.2) is 154 Å². The summed E-state index contributed by atoms with van der Waals surface area (Å²) in [5.41, 5.74) is 6.22. The largest absolute Gasteiger partial charge is 0.490 e. The third kappa shape index (κ3) is 13.5. The number of nitrogen functional groups attached to an aromatic ring is 1. The quantitative estimate of drug-likeness (QED) is 0.0193. The minimum Gasteiger partial charge on any atom is -0.490 e. The highest BCUT2D eigenvalue weighted by Gasteiger charge is 2.45. The van der Waals surface area contributed by atoms with E-state index >= 15 is 0 Å². The third-order valence-electron chi connectivity index (χ3n) is 10.4. The van der Waals surface area contributed by atoms with Gasteiger partial charge in [0.15, 0.2) is 23.2 Å². The van der Waals surface area contributed by atoms with Gasteiger partial charge >= 0.3 is 29.5 Å². The van der Waals surface area contributed by atoms with Crippen LogP contribution in [0.2, 0.25) is 0 Å². The minimum absolute atomic E-state index is 0.0257. The molecule has 7 atom stereocenters. The maximum absolute atomic E-state index is 12.8. The molecule has 0 amide bonds. The van der Waals surface area contributed by atoms with Gasteiger partial charge in [-0.25, -0.2) is 18.7 Å². The van der Waals surface area contributed by atoms with Gasteiger partial charge in [-0.05, 0) is 47.5 Å². The lowest BCUT2D eigenvalue weighted by Gasteiger charge is -2.24. The second kappa shape index (κ2) is 21.9. The van der Waals surface area contributed by atoms with Gasteiger partial charge in [0.25, 0.3) is 0 Å². The fraction of sp³-hybridized carbons (Fsp3) is 0.452. The predicted octanol–water partition coefficient (Wildman–Crippen LogP) is 4.84. The number of hydrogen-bond acceptors (Lipinski definition) is 19. The second-order valence-electron chi connectivity index (χ2n) is 16.9. The molecule has 0 spiro atoms. The van der Waals surface area contributed by atoms with E-state index in [4.69, 9.17) is 51.8 Å². The van der Waals surface area contributed by atoms with Crippen LogP contribution in [-0.2, 0) is 45.6 Å². The van der Waals surface area contributed by atoms with Crippen LogP contribution in [0.15, 0.2) is 67.0 Å². The van der Waals surface area contributed by atoms with Crippen LogP contribution in [0.1, 0.15) is 20.1 Å². The first-order valence-electron chi connectivity index (χ1n) is 21.6. The Morgan fingerprint density at radius 3 is 1.71 bits per heavy atom. The lowest BCUT2D eigenvalue weighted by molar-refractivity contribution is -0.870. The smallest absolute Gasteiger partial charge is 0.472 e. The highest BCUT2D eigenvalue weighted by molar-refractivity contribution is 7.47. The van der Waals surface area contributed by atoms with Gasteiger partial charge in [0.1, 0.15) is 62.8 Å². The molecule has 7 unspecified atom stereocenters. The number of imidazole rings is 1. The summed E-state index contributed by atoms with van der Waals surface area (Å²) in [6, 6.07) is 18.6. The summed E-state index contributed by atoms with van der Waals surface area (Å²) in [4.78, 5) is 42.9. The molecular weight excluding hydrogens is 969 g/mol. The van der Waals surface area contributed by atoms with E-state index in [0.717, 1.165) is 32.3 Å². The molecule has 69 heavy (non-hydrogen) atoms. The molecule has 7 rings (SSSR count). The Hall–Kier alpha value is -4.42. The molecule has 27 heteroatoms. The Morgan fingerprint density at radius 2 is 1.19 bits per heavy atom. The first kappa shape index (κ1) is 52.4. The minimum atomic E-state index is -4.62. The number of aliphatic hydroxyl groups excluding tert-OH is 2. The highest BCUT2D eigenvalue weighted by Crippen LogP contribution is 2.47. The van der Waals surface area contributed by atoms with Crippen LogP contribution < -0.4 is 19.9 Å². The predicted molar refractivity (Wildman–Crippen MR) is 249 cm³/mol. The molecule has 3 heterocycles. The number of rotatable bonds is 25. The number of benzene rings is 4. The topological polar surface area (TPSA) is 314 Å². The maximum atomic E-state index is 12.8. The second-order valence-corrected chi connectivity index (χ2v) is 21.3. The molecule has 0 bridgehead atoms. The molecule has 376 valence electrons. The number of nitrogens with two attached hydrogens (primary N) is 1. The van der Waals surface area contributed by atoms with Crippen LogP contribution in [0.3, 0.4) is 0 Å². The number of phosphoric ester groups is 3. The molecule has 1 aliphatic rings. The van der Waals surface area contributed by atoms with Crippen LogP contribution in [0.4, 0.5) is 5.82 Å². The van der Waals surface area contributed by atoms with Crippen LogP contribution in [0.25, 0.3) is 43.5 Å². The SMILES string of the molecule is CC(C)OP(=O)(O)OCC1OC(n2cnc3c(N)nc(OCCOP(=O)(O)OCCOc4cc5c6ccccc6c(OCCOP(=O)(O)OCC[N+](C)(C)C)cc5c5ccccc45)nc32)C(O)C1O. The van der Waals surface area contributed by atoms with Gasteiger partial charge < -0.3 is 54.1 Å². The molecule has 1 aliphatic heterocycles. The summed E-state index contributed by atoms with van der Waals surface area (Å²) in [6.45, 7) is 1.58. The molecule has 0 aliphatic carbocycles. The van der Waals surface area contributed by atoms with Crippen molar-refractivity contribution in [2.24, 2.45) is 0 Å². The fourth-order valence-corrected chi connectivity index (χ4v) is 9.56. The Morgan fingerprint density at radius 1 is 0.681 bits per heavy atom.